The Labute approximate surface area is 148 Å². The predicted molar refractivity (Wildman–Crippen MR) is 92.3 cm³/mol. The quantitative estimate of drug-likeness (QED) is 0.788. The minimum Gasteiger partial charge on any atom is -0.382 e. The predicted octanol–water partition coefficient (Wildman–Crippen LogP) is 0.827. The zero-order chi connectivity index (χ0) is 18.3. The van der Waals surface area contributed by atoms with Gasteiger partial charge in [-0.05, 0) is 17.7 Å². The van der Waals surface area contributed by atoms with Crippen molar-refractivity contribution in [2.45, 2.75) is 18.6 Å². The molecule has 0 radical (unpaired) electrons. The summed E-state index contributed by atoms with van der Waals surface area (Å²) in [7, 11) is 4.76. The number of morpholine rings is 1. The summed E-state index contributed by atoms with van der Waals surface area (Å²) < 4.78 is 16.2. The molecule has 7 heteroatoms. The number of nitrogens with zero attached hydrogens (tertiary/aromatic N) is 1. The number of hydrogen-bond donors (Lipinski definition) is 1. The molecule has 1 saturated heterocycles. The lowest BCUT2D eigenvalue weighted by Crippen LogP contribution is -2.57. The van der Waals surface area contributed by atoms with Crippen LogP contribution >= 0.6 is 0 Å². The summed E-state index contributed by atoms with van der Waals surface area (Å²) in [6.07, 6.45) is 0.144. The molecule has 0 spiro atoms. The van der Waals surface area contributed by atoms with Crippen molar-refractivity contribution in [3.8, 4) is 0 Å². The standard InChI is InChI=1S/C18H26N2O5/c1-19-16(21)10-18(13-24-3)12-20(7-8-25-18)17(22)15-6-4-5-14(9-15)11-23-2/h4-6,9H,7-8,10-13H2,1-3H3,(H,19,21)/t18-/m0/s1. The van der Waals surface area contributed by atoms with Gasteiger partial charge in [0.25, 0.3) is 5.91 Å². The maximum absolute atomic E-state index is 12.9. The molecule has 0 aliphatic carbocycles. The molecule has 25 heavy (non-hydrogen) atoms. The molecule has 1 atom stereocenters. The van der Waals surface area contributed by atoms with Crippen molar-refractivity contribution in [2.75, 3.05) is 47.6 Å². The Morgan fingerprint density at radius 2 is 2.12 bits per heavy atom. The van der Waals surface area contributed by atoms with Crippen molar-refractivity contribution in [3.05, 3.63) is 35.4 Å². The van der Waals surface area contributed by atoms with Gasteiger partial charge in [0.15, 0.2) is 0 Å². The van der Waals surface area contributed by atoms with Gasteiger partial charge >= 0.3 is 0 Å². The van der Waals surface area contributed by atoms with Crippen molar-refractivity contribution in [1.82, 2.24) is 10.2 Å². The fourth-order valence-electron chi connectivity index (χ4n) is 3.05. The van der Waals surface area contributed by atoms with E-state index in [-0.39, 0.29) is 24.8 Å². The number of rotatable bonds is 7. The molecule has 1 N–H and O–H groups in total. The molecule has 2 amide bonds. The molecule has 1 heterocycles. The van der Waals surface area contributed by atoms with Gasteiger partial charge in [-0.1, -0.05) is 12.1 Å². The average molecular weight is 350 g/mol. The summed E-state index contributed by atoms with van der Waals surface area (Å²) in [6, 6.07) is 7.38. The molecule has 0 bridgehead atoms. The van der Waals surface area contributed by atoms with E-state index < -0.39 is 5.60 Å². The highest BCUT2D eigenvalue weighted by Gasteiger charge is 2.40. The fraction of sp³-hybridized carbons (Fsp3) is 0.556. The molecule has 1 aromatic carbocycles. The van der Waals surface area contributed by atoms with Crippen LogP contribution in [0.2, 0.25) is 0 Å². The van der Waals surface area contributed by atoms with E-state index in [9.17, 15) is 9.59 Å². The van der Waals surface area contributed by atoms with E-state index in [2.05, 4.69) is 5.32 Å². The van der Waals surface area contributed by atoms with Crippen molar-refractivity contribution in [1.29, 1.82) is 0 Å². The van der Waals surface area contributed by atoms with E-state index in [1.165, 1.54) is 0 Å². The molecule has 7 nitrogen and oxygen atoms in total. The molecule has 0 aromatic heterocycles. The van der Waals surface area contributed by atoms with Gasteiger partial charge in [-0.2, -0.15) is 0 Å². The Bertz CT molecular complexity index is 603. The average Bonchev–Trinajstić information content (AvgIpc) is 2.62. The normalized spacial score (nSPS) is 20.4. The van der Waals surface area contributed by atoms with Crippen molar-refractivity contribution < 1.29 is 23.8 Å². The Hall–Kier alpha value is -1.96. The highest BCUT2D eigenvalue weighted by molar-refractivity contribution is 5.94. The minimum absolute atomic E-state index is 0.0846. The number of benzene rings is 1. The van der Waals surface area contributed by atoms with E-state index in [1.54, 1.807) is 32.2 Å². The molecule has 1 aliphatic rings. The Kier molecular flexibility index (Phi) is 6.92. The van der Waals surface area contributed by atoms with Crippen LogP contribution in [0, 0.1) is 0 Å². The number of nitrogens with one attached hydrogen (secondary N) is 1. The molecular weight excluding hydrogens is 324 g/mol. The molecule has 1 aliphatic heterocycles. The highest BCUT2D eigenvalue weighted by atomic mass is 16.5. The molecule has 1 fully saturated rings. The van der Waals surface area contributed by atoms with Gasteiger partial charge in [-0.15, -0.1) is 0 Å². The van der Waals surface area contributed by atoms with Crippen LogP contribution in [0.25, 0.3) is 0 Å². The number of methoxy groups -OCH3 is 2. The SMILES string of the molecule is CNC(=O)C[C@@]1(COC)CN(C(=O)c2cccc(COC)c2)CCO1. The zero-order valence-corrected chi connectivity index (χ0v) is 15.0. The number of carbonyl (C=O) groups is 2. The van der Waals surface area contributed by atoms with Crippen LogP contribution in [0.1, 0.15) is 22.3 Å². The van der Waals surface area contributed by atoms with Crippen LogP contribution in [0.4, 0.5) is 0 Å². The third-order valence-corrected chi connectivity index (χ3v) is 4.19. The number of amides is 2. The Balaban J connectivity index is 2.16. The lowest BCUT2D eigenvalue weighted by atomic mass is 9.96. The fourth-order valence-corrected chi connectivity index (χ4v) is 3.05. The third kappa shape index (κ3) is 5.01. The molecule has 138 valence electrons. The van der Waals surface area contributed by atoms with Crippen molar-refractivity contribution in [3.63, 3.8) is 0 Å². The maximum atomic E-state index is 12.9. The van der Waals surface area contributed by atoms with Gasteiger partial charge < -0.3 is 24.4 Å². The van der Waals surface area contributed by atoms with Gasteiger partial charge in [-0.25, -0.2) is 0 Å². The van der Waals surface area contributed by atoms with Crippen molar-refractivity contribution in [2.24, 2.45) is 0 Å². The van der Waals surface area contributed by atoms with Crippen LogP contribution in [-0.2, 0) is 25.6 Å². The summed E-state index contributed by atoms with van der Waals surface area (Å²) in [5, 5.41) is 2.60. The maximum Gasteiger partial charge on any atom is 0.254 e. The zero-order valence-electron chi connectivity index (χ0n) is 15.0. The Morgan fingerprint density at radius 1 is 1.32 bits per heavy atom. The third-order valence-electron chi connectivity index (χ3n) is 4.19. The topological polar surface area (TPSA) is 77.1 Å². The molecule has 0 unspecified atom stereocenters. The lowest BCUT2D eigenvalue weighted by molar-refractivity contribution is -0.150. The van der Waals surface area contributed by atoms with Crippen molar-refractivity contribution >= 4 is 11.8 Å². The second kappa shape index (κ2) is 8.94. The monoisotopic (exact) mass is 350 g/mol. The van der Waals surface area contributed by atoms with E-state index in [4.69, 9.17) is 14.2 Å². The summed E-state index contributed by atoms with van der Waals surface area (Å²) in [6.45, 7) is 1.85. The number of ether oxygens (including phenoxy) is 3. The van der Waals surface area contributed by atoms with Gasteiger partial charge in [0.1, 0.15) is 5.60 Å². The van der Waals surface area contributed by atoms with Gasteiger partial charge in [0, 0.05) is 33.4 Å². The van der Waals surface area contributed by atoms with E-state index in [0.29, 0.717) is 31.9 Å². The number of hydrogen-bond acceptors (Lipinski definition) is 5. The van der Waals surface area contributed by atoms with Crippen LogP contribution in [0.3, 0.4) is 0 Å². The van der Waals surface area contributed by atoms with E-state index in [1.807, 2.05) is 18.2 Å². The summed E-state index contributed by atoms with van der Waals surface area (Å²) in [5.74, 6) is -0.230. The van der Waals surface area contributed by atoms with Gasteiger partial charge in [0.05, 0.1) is 32.8 Å². The number of carbonyl (C=O) groups excluding carboxylic acids is 2. The lowest BCUT2D eigenvalue weighted by Gasteiger charge is -2.42. The highest BCUT2D eigenvalue weighted by Crippen LogP contribution is 2.24. The summed E-state index contributed by atoms with van der Waals surface area (Å²) in [4.78, 5) is 26.5. The van der Waals surface area contributed by atoms with Crippen LogP contribution in [0.15, 0.2) is 24.3 Å². The smallest absolute Gasteiger partial charge is 0.254 e. The van der Waals surface area contributed by atoms with Crippen LogP contribution in [0.5, 0.6) is 0 Å². The first-order valence-electron chi connectivity index (χ1n) is 8.24. The molecule has 2 rings (SSSR count). The Morgan fingerprint density at radius 3 is 2.80 bits per heavy atom. The molecule has 0 saturated carbocycles. The van der Waals surface area contributed by atoms with E-state index in [0.717, 1.165) is 5.56 Å². The van der Waals surface area contributed by atoms with Crippen LogP contribution in [-0.4, -0.2) is 69.9 Å². The molecule has 1 aromatic rings. The second-order valence-corrected chi connectivity index (χ2v) is 6.17. The first kappa shape index (κ1) is 19.4. The minimum atomic E-state index is -0.826. The first-order valence-corrected chi connectivity index (χ1v) is 8.24. The second-order valence-electron chi connectivity index (χ2n) is 6.17. The van der Waals surface area contributed by atoms with Crippen LogP contribution < -0.4 is 5.32 Å². The van der Waals surface area contributed by atoms with Gasteiger partial charge in [0.2, 0.25) is 5.91 Å². The molecular formula is C18H26N2O5. The van der Waals surface area contributed by atoms with Gasteiger partial charge in [-0.3, -0.25) is 9.59 Å². The summed E-state index contributed by atoms with van der Waals surface area (Å²) in [5.41, 5.74) is 0.713. The van der Waals surface area contributed by atoms with E-state index >= 15 is 0 Å². The first-order chi connectivity index (χ1) is 12.0. The summed E-state index contributed by atoms with van der Waals surface area (Å²) >= 11 is 0. The largest absolute Gasteiger partial charge is 0.382 e.